The van der Waals surface area contributed by atoms with Crippen LogP contribution in [0.2, 0.25) is 5.02 Å². The van der Waals surface area contributed by atoms with Gasteiger partial charge in [0.05, 0.1) is 17.1 Å². The van der Waals surface area contributed by atoms with Gasteiger partial charge in [0.25, 0.3) is 0 Å². The van der Waals surface area contributed by atoms with Crippen LogP contribution < -0.4 is 10.1 Å². The summed E-state index contributed by atoms with van der Waals surface area (Å²) in [7, 11) is 0. The fourth-order valence-corrected chi connectivity index (χ4v) is 1.88. The number of halogens is 1. The minimum atomic E-state index is -0.686. The molecule has 0 aliphatic carbocycles. The number of anilines is 2. The first-order chi connectivity index (χ1) is 8.47. The van der Waals surface area contributed by atoms with Gasteiger partial charge in [-0.05, 0) is 30.3 Å². The van der Waals surface area contributed by atoms with E-state index in [4.69, 9.17) is 17.0 Å². The summed E-state index contributed by atoms with van der Waals surface area (Å²) in [5.41, 5.74) is 0.333. The molecule has 1 aromatic rings. The number of rotatable bonds is 1. The van der Waals surface area contributed by atoms with Crippen LogP contribution in [0.15, 0.2) is 34.8 Å². The van der Waals surface area contributed by atoms with E-state index in [0.717, 1.165) is 5.06 Å². The van der Waals surface area contributed by atoms with Crippen LogP contribution in [0.5, 0.6) is 0 Å². The number of nitrogens with one attached hydrogen (secondary N) is 1. The zero-order valence-electron chi connectivity index (χ0n) is 9.25. The van der Waals surface area contributed by atoms with E-state index in [1.165, 1.54) is 25.1 Å². The number of fused-ring (bicyclic) bond motifs is 1. The van der Waals surface area contributed by atoms with E-state index in [9.17, 15) is 15.3 Å². The Balaban J connectivity index is 2.63. The number of amidine groups is 1. The molecule has 1 heterocycles. The summed E-state index contributed by atoms with van der Waals surface area (Å²) in [6.07, 6.45) is 0. The third-order valence-corrected chi connectivity index (χ3v) is 2.82. The molecule has 1 aliphatic rings. The van der Waals surface area contributed by atoms with Crippen molar-refractivity contribution >= 4 is 28.8 Å². The van der Waals surface area contributed by atoms with Crippen molar-refractivity contribution in [1.82, 2.24) is 0 Å². The number of nitrogens with zero attached hydrogens (tertiary/aromatic N) is 3. The van der Waals surface area contributed by atoms with E-state index in [0.29, 0.717) is 10.1 Å². The second-order valence-electron chi connectivity index (χ2n) is 3.63. The Morgan fingerprint density at radius 2 is 2.00 bits per heavy atom. The number of hydrogen-bond donors (Lipinski definition) is 3. The predicted octanol–water partition coefficient (Wildman–Crippen LogP) is 2.72. The van der Waals surface area contributed by atoms with E-state index in [1.807, 2.05) is 0 Å². The van der Waals surface area contributed by atoms with Gasteiger partial charge in [-0.3, -0.25) is 15.8 Å². The number of hydroxylamine groups is 2. The minimum Gasteiger partial charge on any atom is -0.284 e. The molecule has 0 radical (unpaired) electrons. The second-order valence-corrected chi connectivity index (χ2v) is 4.07. The molecule has 94 valence electrons. The fourth-order valence-electron chi connectivity index (χ4n) is 1.71. The van der Waals surface area contributed by atoms with Gasteiger partial charge in [0.15, 0.2) is 0 Å². The molecule has 0 atom stereocenters. The SMILES string of the molecule is CC1=C(C(=N)N=O)N(O)c2ccc(Cl)cc2N1O. The van der Waals surface area contributed by atoms with Crippen molar-refractivity contribution in [3.05, 3.63) is 39.5 Å². The summed E-state index contributed by atoms with van der Waals surface area (Å²) >= 11 is 5.80. The Labute approximate surface area is 107 Å². The Morgan fingerprint density at radius 3 is 2.61 bits per heavy atom. The van der Waals surface area contributed by atoms with Crippen molar-refractivity contribution in [3.8, 4) is 0 Å². The Kier molecular flexibility index (Phi) is 3.04. The Bertz CT molecular complexity index is 572. The van der Waals surface area contributed by atoms with Crippen molar-refractivity contribution in [2.45, 2.75) is 6.92 Å². The number of nitroso groups, excluding NO2 is 1. The van der Waals surface area contributed by atoms with Crippen LogP contribution in [0.25, 0.3) is 0 Å². The van der Waals surface area contributed by atoms with Crippen LogP contribution >= 0.6 is 11.6 Å². The maximum absolute atomic E-state index is 10.4. The first-order valence-corrected chi connectivity index (χ1v) is 5.26. The zero-order chi connectivity index (χ0) is 13.4. The van der Waals surface area contributed by atoms with Crippen LogP contribution in [0.4, 0.5) is 11.4 Å². The van der Waals surface area contributed by atoms with E-state index in [-0.39, 0.29) is 22.8 Å². The van der Waals surface area contributed by atoms with Crippen LogP contribution in [0.3, 0.4) is 0 Å². The topological polar surface area (TPSA) is 100 Å². The molecule has 0 amide bonds. The van der Waals surface area contributed by atoms with Gasteiger partial charge < -0.3 is 0 Å². The minimum absolute atomic E-state index is 0.0943. The number of allylic oxidation sites excluding steroid dienone is 1. The number of hydrogen-bond acceptors (Lipinski definition) is 6. The molecular weight excluding hydrogens is 260 g/mol. The molecule has 0 saturated carbocycles. The lowest BCUT2D eigenvalue weighted by Gasteiger charge is -2.33. The largest absolute Gasteiger partial charge is 0.284 e. The zero-order valence-corrected chi connectivity index (χ0v) is 10.0. The highest BCUT2D eigenvalue weighted by Gasteiger charge is 2.30. The van der Waals surface area contributed by atoms with Gasteiger partial charge >= 0.3 is 0 Å². The molecule has 0 saturated heterocycles. The average molecular weight is 269 g/mol. The highest BCUT2D eigenvalue weighted by atomic mass is 35.5. The fraction of sp³-hybridized carbons (Fsp3) is 0.100. The lowest BCUT2D eigenvalue weighted by atomic mass is 10.1. The van der Waals surface area contributed by atoms with Crippen molar-refractivity contribution in [3.63, 3.8) is 0 Å². The predicted molar refractivity (Wildman–Crippen MR) is 66.2 cm³/mol. The molecule has 0 bridgehead atoms. The smallest absolute Gasteiger partial charge is 0.217 e. The van der Waals surface area contributed by atoms with Crippen LogP contribution in [-0.2, 0) is 0 Å². The van der Waals surface area contributed by atoms with Gasteiger partial charge in [0.1, 0.15) is 5.70 Å². The molecule has 0 aromatic heterocycles. The van der Waals surface area contributed by atoms with Crippen molar-refractivity contribution in [1.29, 1.82) is 5.41 Å². The van der Waals surface area contributed by atoms with Crippen molar-refractivity contribution in [2.75, 3.05) is 10.1 Å². The van der Waals surface area contributed by atoms with E-state index >= 15 is 0 Å². The molecule has 0 spiro atoms. The molecule has 7 nitrogen and oxygen atoms in total. The Hall–Kier alpha value is -1.96. The first-order valence-electron chi connectivity index (χ1n) is 4.88. The normalized spacial score (nSPS) is 14.7. The molecule has 1 aliphatic heterocycles. The number of benzene rings is 1. The van der Waals surface area contributed by atoms with E-state index in [1.54, 1.807) is 0 Å². The lowest BCUT2D eigenvalue weighted by Crippen LogP contribution is -2.34. The standard InChI is InChI=1S/C10H9ClN4O3/c1-5-9(10(12)13-16)15(18)7-3-2-6(11)4-8(7)14(5)17/h2-4,12,17-18H,1H3. The molecular formula is C10H9ClN4O3. The summed E-state index contributed by atoms with van der Waals surface area (Å²) in [5.74, 6) is -0.686. The van der Waals surface area contributed by atoms with Gasteiger partial charge in [-0.2, -0.15) is 0 Å². The molecule has 0 unspecified atom stereocenters. The molecule has 3 N–H and O–H groups in total. The van der Waals surface area contributed by atoms with Gasteiger partial charge in [0.2, 0.25) is 5.84 Å². The van der Waals surface area contributed by atoms with Gasteiger partial charge in [-0.15, -0.1) is 4.91 Å². The highest BCUT2D eigenvalue weighted by molar-refractivity contribution is 6.31. The van der Waals surface area contributed by atoms with Gasteiger partial charge in [-0.25, -0.2) is 10.1 Å². The van der Waals surface area contributed by atoms with E-state index in [2.05, 4.69) is 5.18 Å². The van der Waals surface area contributed by atoms with Gasteiger partial charge in [-0.1, -0.05) is 11.6 Å². The monoisotopic (exact) mass is 268 g/mol. The lowest BCUT2D eigenvalue weighted by molar-refractivity contribution is 0.253. The van der Waals surface area contributed by atoms with Crippen LogP contribution in [0.1, 0.15) is 6.92 Å². The third-order valence-electron chi connectivity index (χ3n) is 2.58. The molecule has 2 rings (SSSR count). The second kappa shape index (κ2) is 4.37. The summed E-state index contributed by atoms with van der Waals surface area (Å²) in [6, 6.07) is 4.40. The summed E-state index contributed by atoms with van der Waals surface area (Å²) in [6.45, 7) is 1.43. The quantitative estimate of drug-likeness (QED) is 0.413. The molecule has 0 fully saturated rings. The van der Waals surface area contributed by atoms with E-state index < -0.39 is 5.84 Å². The molecule has 1 aromatic carbocycles. The summed E-state index contributed by atoms with van der Waals surface area (Å²) < 4.78 is 0. The maximum Gasteiger partial charge on any atom is 0.217 e. The van der Waals surface area contributed by atoms with Crippen molar-refractivity contribution < 1.29 is 10.4 Å². The average Bonchev–Trinajstić information content (AvgIpc) is 2.35. The Morgan fingerprint density at radius 1 is 1.33 bits per heavy atom. The highest BCUT2D eigenvalue weighted by Crippen LogP contribution is 2.39. The molecule has 8 heteroatoms. The summed E-state index contributed by atoms with van der Waals surface area (Å²) in [5, 5.41) is 31.4. The third kappa shape index (κ3) is 1.74. The van der Waals surface area contributed by atoms with Crippen LogP contribution in [-0.4, -0.2) is 16.3 Å². The molecule has 18 heavy (non-hydrogen) atoms. The van der Waals surface area contributed by atoms with Crippen LogP contribution in [0, 0.1) is 10.3 Å². The first kappa shape index (κ1) is 12.5. The summed E-state index contributed by atoms with van der Waals surface area (Å²) in [4.78, 5) is 10.4. The van der Waals surface area contributed by atoms with Gasteiger partial charge in [0, 0.05) is 5.02 Å². The maximum atomic E-state index is 10.4. The van der Waals surface area contributed by atoms with Crippen molar-refractivity contribution in [2.24, 2.45) is 5.18 Å².